The van der Waals surface area contributed by atoms with Crippen LogP contribution in [0.3, 0.4) is 0 Å². The zero-order valence-electron chi connectivity index (χ0n) is 19.9. The van der Waals surface area contributed by atoms with Crippen molar-refractivity contribution in [2.75, 3.05) is 26.9 Å². The van der Waals surface area contributed by atoms with Crippen molar-refractivity contribution in [3.05, 3.63) is 65.2 Å². The van der Waals surface area contributed by atoms with Crippen molar-refractivity contribution in [1.29, 1.82) is 0 Å². The normalized spacial score (nSPS) is 11.2. The number of aryl methyl sites for hydroxylation is 2. The largest absolute Gasteiger partial charge is 0.494 e. The molecule has 0 atom stereocenters. The van der Waals surface area contributed by atoms with Crippen LogP contribution in [0, 0.1) is 13.8 Å². The summed E-state index contributed by atoms with van der Waals surface area (Å²) in [5, 5.41) is 3.78. The summed E-state index contributed by atoms with van der Waals surface area (Å²) in [6.45, 7) is 8.20. The van der Waals surface area contributed by atoms with Crippen molar-refractivity contribution in [3.63, 3.8) is 0 Å². The van der Waals surface area contributed by atoms with Gasteiger partial charge in [-0.15, -0.1) is 0 Å². The highest BCUT2D eigenvalue weighted by atomic mass is 16.6. The van der Waals surface area contributed by atoms with E-state index in [1.807, 2.05) is 55.5 Å². The second-order valence-corrected chi connectivity index (χ2v) is 7.72. The minimum Gasteiger partial charge on any atom is -0.494 e. The predicted molar refractivity (Wildman–Crippen MR) is 131 cm³/mol. The van der Waals surface area contributed by atoms with Gasteiger partial charge in [0.2, 0.25) is 0 Å². The van der Waals surface area contributed by atoms with Crippen molar-refractivity contribution in [1.82, 2.24) is 0 Å². The molecule has 174 valence electrons. The first kappa shape index (κ1) is 25.3. The molecule has 0 bridgehead atoms. The first-order chi connectivity index (χ1) is 15.6. The number of unbranched alkanes of at least 4 members (excludes halogenated alkanes) is 4. The summed E-state index contributed by atoms with van der Waals surface area (Å²) in [5.41, 5.74) is 3.20. The van der Waals surface area contributed by atoms with Crippen LogP contribution in [0.5, 0.6) is 17.2 Å². The van der Waals surface area contributed by atoms with E-state index in [2.05, 4.69) is 19.0 Å². The fourth-order valence-electron chi connectivity index (χ4n) is 3.36. The Balaban J connectivity index is 1.58. The SMILES string of the molecule is C/C=C/COc1cc(C)c(OCCCCCCCOc2cccc(/C=N/OC)c2)c(C)c1. The predicted octanol–water partition coefficient (Wildman–Crippen LogP) is 6.65. The number of allylic oxidation sites excluding steroid dienone is 1. The number of rotatable bonds is 15. The molecule has 2 rings (SSSR count). The van der Waals surface area contributed by atoms with E-state index in [1.165, 1.54) is 13.5 Å². The van der Waals surface area contributed by atoms with Crippen LogP contribution < -0.4 is 14.2 Å². The molecule has 5 heteroatoms. The third-order valence-corrected chi connectivity index (χ3v) is 4.98. The average molecular weight is 440 g/mol. The Kier molecular flexibility index (Phi) is 11.8. The molecule has 0 unspecified atom stereocenters. The first-order valence-corrected chi connectivity index (χ1v) is 11.4. The fraction of sp³-hybridized carbons (Fsp3) is 0.444. The van der Waals surface area contributed by atoms with E-state index < -0.39 is 0 Å². The van der Waals surface area contributed by atoms with Crippen LogP contribution in [0.15, 0.2) is 53.7 Å². The van der Waals surface area contributed by atoms with Crippen LogP contribution in [-0.4, -0.2) is 33.1 Å². The smallest absolute Gasteiger partial charge is 0.125 e. The fourth-order valence-corrected chi connectivity index (χ4v) is 3.36. The van der Waals surface area contributed by atoms with E-state index >= 15 is 0 Å². The molecule has 0 fully saturated rings. The quantitative estimate of drug-likeness (QED) is 0.135. The summed E-state index contributed by atoms with van der Waals surface area (Å²) in [5.74, 6) is 2.74. The Hall–Kier alpha value is -2.95. The molecule has 2 aromatic carbocycles. The summed E-state index contributed by atoms with van der Waals surface area (Å²) in [6.07, 6.45) is 11.3. The third kappa shape index (κ3) is 9.46. The maximum absolute atomic E-state index is 6.06. The maximum atomic E-state index is 6.06. The van der Waals surface area contributed by atoms with Crippen molar-refractivity contribution in [2.24, 2.45) is 5.16 Å². The summed E-state index contributed by atoms with van der Waals surface area (Å²) in [4.78, 5) is 4.71. The Morgan fingerprint density at radius 2 is 1.50 bits per heavy atom. The second kappa shape index (κ2) is 15.0. The van der Waals surface area contributed by atoms with Gasteiger partial charge in [0.15, 0.2) is 0 Å². The van der Waals surface area contributed by atoms with E-state index in [0.717, 1.165) is 72.8 Å². The van der Waals surface area contributed by atoms with Gasteiger partial charge in [0.05, 0.1) is 19.4 Å². The molecule has 0 aromatic heterocycles. The number of benzene rings is 2. The van der Waals surface area contributed by atoms with Crippen molar-refractivity contribution >= 4 is 6.21 Å². The highest BCUT2D eigenvalue weighted by Gasteiger charge is 2.07. The molecule has 0 aliphatic rings. The lowest BCUT2D eigenvalue weighted by molar-refractivity contribution is 0.215. The zero-order chi connectivity index (χ0) is 23.0. The van der Waals surface area contributed by atoms with Crippen LogP contribution >= 0.6 is 0 Å². The number of nitrogens with zero attached hydrogens (tertiary/aromatic N) is 1. The highest BCUT2D eigenvalue weighted by Crippen LogP contribution is 2.28. The van der Waals surface area contributed by atoms with E-state index in [0.29, 0.717) is 6.61 Å². The molecule has 0 heterocycles. The highest BCUT2D eigenvalue weighted by molar-refractivity contribution is 5.79. The van der Waals surface area contributed by atoms with Crippen molar-refractivity contribution < 1.29 is 19.0 Å². The summed E-state index contributed by atoms with van der Waals surface area (Å²) in [6, 6.07) is 11.9. The zero-order valence-corrected chi connectivity index (χ0v) is 19.9. The Bertz CT molecular complexity index is 837. The third-order valence-electron chi connectivity index (χ3n) is 4.98. The van der Waals surface area contributed by atoms with Crippen LogP contribution in [0.2, 0.25) is 0 Å². The van der Waals surface area contributed by atoms with Crippen LogP contribution in [0.25, 0.3) is 0 Å². The molecule has 0 aliphatic carbocycles. The molecule has 0 radical (unpaired) electrons. The Morgan fingerprint density at radius 1 is 0.812 bits per heavy atom. The van der Waals surface area contributed by atoms with E-state index in [9.17, 15) is 0 Å². The lowest BCUT2D eigenvalue weighted by atomic mass is 10.1. The molecular formula is C27H37NO4. The molecule has 0 amide bonds. The van der Waals surface area contributed by atoms with E-state index in [-0.39, 0.29) is 0 Å². The monoisotopic (exact) mass is 439 g/mol. The van der Waals surface area contributed by atoms with Gasteiger partial charge < -0.3 is 19.0 Å². The molecule has 5 nitrogen and oxygen atoms in total. The molecule has 0 saturated carbocycles. The molecule has 0 spiro atoms. The molecule has 0 aliphatic heterocycles. The van der Waals surface area contributed by atoms with Gasteiger partial charge in [0.25, 0.3) is 0 Å². The molecule has 2 aromatic rings. The minimum absolute atomic E-state index is 0.593. The van der Waals surface area contributed by atoms with Gasteiger partial charge in [-0.3, -0.25) is 0 Å². The average Bonchev–Trinajstić information content (AvgIpc) is 2.78. The molecular weight excluding hydrogens is 402 g/mol. The molecule has 0 saturated heterocycles. The van der Waals surface area contributed by atoms with Gasteiger partial charge in [-0.2, -0.15) is 0 Å². The van der Waals surface area contributed by atoms with Crippen LogP contribution in [0.4, 0.5) is 0 Å². The van der Waals surface area contributed by atoms with Crippen molar-refractivity contribution in [2.45, 2.75) is 52.9 Å². The topological polar surface area (TPSA) is 49.3 Å². The van der Waals surface area contributed by atoms with E-state index in [1.54, 1.807) is 6.21 Å². The summed E-state index contributed by atoms with van der Waals surface area (Å²) < 4.78 is 17.6. The van der Waals surface area contributed by atoms with Crippen LogP contribution in [-0.2, 0) is 4.84 Å². The van der Waals surface area contributed by atoms with Gasteiger partial charge in [0.1, 0.15) is 31.0 Å². The minimum atomic E-state index is 0.593. The van der Waals surface area contributed by atoms with Gasteiger partial charge in [-0.25, -0.2) is 0 Å². The number of oxime groups is 1. The lowest BCUT2D eigenvalue weighted by Gasteiger charge is -2.14. The number of hydrogen-bond donors (Lipinski definition) is 0. The van der Waals surface area contributed by atoms with Crippen LogP contribution in [0.1, 0.15) is 55.7 Å². The second-order valence-electron chi connectivity index (χ2n) is 7.72. The standard InChI is InChI=1S/C27H37NO4/c1-5-6-15-31-26-18-22(2)27(23(3)19-26)32-17-11-9-7-8-10-16-30-25-14-12-13-24(20-25)21-28-29-4/h5-6,12-14,18-21H,7-11,15-17H2,1-4H3/b6-5+,28-21+. The summed E-state index contributed by atoms with van der Waals surface area (Å²) in [7, 11) is 1.53. The van der Waals surface area contributed by atoms with E-state index in [4.69, 9.17) is 19.0 Å². The lowest BCUT2D eigenvalue weighted by Crippen LogP contribution is -2.02. The van der Waals surface area contributed by atoms with Gasteiger partial charge in [-0.05, 0) is 74.6 Å². The molecule has 32 heavy (non-hydrogen) atoms. The number of ether oxygens (including phenoxy) is 3. The number of hydrogen-bond acceptors (Lipinski definition) is 5. The van der Waals surface area contributed by atoms with Gasteiger partial charge >= 0.3 is 0 Å². The van der Waals surface area contributed by atoms with Crippen molar-refractivity contribution in [3.8, 4) is 17.2 Å². The maximum Gasteiger partial charge on any atom is 0.125 e. The van der Waals surface area contributed by atoms with Gasteiger partial charge in [-0.1, -0.05) is 48.7 Å². The Morgan fingerprint density at radius 3 is 2.19 bits per heavy atom. The van der Waals surface area contributed by atoms with Gasteiger partial charge in [0, 0.05) is 0 Å². The Labute approximate surface area is 193 Å². The first-order valence-electron chi connectivity index (χ1n) is 11.4. The molecule has 0 N–H and O–H groups in total. The summed E-state index contributed by atoms with van der Waals surface area (Å²) >= 11 is 0.